The summed E-state index contributed by atoms with van der Waals surface area (Å²) in [6.07, 6.45) is -0.578. The minimum Gasteiger partial charge on any atom is -0.468 e. The van der Waals surface area contributed by atoms with Gasteiger partial charge in [-0.1, -0.05) is 48.5 Å². The fourth-order valence-corrected chi connectivity index (χ4v) is 3.15. The van der Waals surface area contributed by atoms with Crippen LogP contribution in [-0.2, 0) is 20.9 Å². The number of carbonyl (C=O) groups excluding carboxylic acids is 2. The van der Waals surface area contributed by atoms with Crippen LogP contribution >= 0.6 is 0 Å². The molecule has 1 unspecified atom stereocenters. The normalized spacial score (nSPS) is 11.8. The summed E-state index contributed by atoms with van der Waals surface area (Å²) in [6, 6.07) is 17.1. The van der Waals surface area contributed by atoms with Gasteiger partial charge in [-0.3, -0.25) is 4.79 Å². The van der Waals surface area contributed by atoms with Crippen molar-refractivity contribution in [2.24, 2.45) is 0 Å². The molecule has 0 aliphatic carbocycles. The van der Waals surface area contributed by atoms with Crippen LogP contribution in [0.3, 0.4) is 0 Å². The number of carbonyl (C=O) groups is 2. The average Bonchev–Trinajstić information content (AvgIpc) is 3.03. The van der Waals surface area contributed by atoms with Gasteiger partial charge in [0.2, 0.25) is 0 Å². The van der Waals surface area contributed by atoms with E-state index in [0.29, 0.717) is 0 Å². The first kappa shape index (κ1) is 18.5. The maximum Gasteiger partial charge on any atom is 0.407 e. The molecule has 0 radical (unpaired) electrons. The number of hydrogen-bond donors (Lipinski definition) is 2. The molecule has 0 aliphatic heterocycles. The van der Waals surface area contributed by atoms with Crippen LogP contribution in [0, 0.1) is 6.92 Å². The largest absolute Gasteiger partial charge is 0.468 e. The maximum atomic E-state index is 12.4. The van der Waals surface area contributed by atoms with Crippen LogP contribution in [0.4, 0.5) is 4.79 Å². The summed E-state index contributed by atoms with van der Waals surface area (Å²) < 4.78 is 10.2. The van der Waals surface area contributed by atoms with E-state index in [4.69, 9.17) is 9.47 Å². The summed E-state index contributed by atoms with van der Waals surface area (Å²) in [6.45, 7) is 2.16. The Morgan fingerprint density at radius 2 is 1.78 bits per heavy atom. The van der Waals surface area contributed by atoms with Crippen LogP contribution in [0.1, 0.15) is 22.7 Å². The summed E-state index contributed by atoms with van der Waals surface area (Å²) in [5.41, 5.74) is 3.52. The number of aromatic amines is 1. The van der Waals surface area contributed by atoms with E-state index in [-0.39, 0.29) is 13.2 Å². The van der Waals surface area contributed by atoms with Crippen LogP contribution in [0.15, 0.2) is 54.6 Å². The van der Waals surface area contributed by atoms with E-state index < -0.39 is 18.0 Å². The Morgan fingerprint density at radius 3 is 2.52 bits per heavy atom. The lowest BCUT2D eigenvalue weighted by atomic mass is 9.96. The molecule has 6 heteroatoms. The number of esters is 1. The van der Waals surface area contributed by atoms with E-state index in [1.165, 1.54) is 7.11 Å². The Morgan fingerprint density at radius 1 is 1.07 bits per heavy atom. The smallest absolute Gasteiger partial charge is 0.407 e. The molecule has 27 heavy (non-hydrogen) atoms. The van der Waals surface area contributed by atoms with E-state index in [1.54, 1.807) is 0 Å². The Hall–Kier alpha value is -3.28. The van der Waals surface area contributed by atoms with Gasteiger partial charge in [-0.25, -0.2) is 4.79 Å². The van der Waals surface area contributed by atoms with Crippen molar-refractivity contribution in [1.82, 2.24) is 10.3 Å². The number of H-pyrrole nitrogens is 1. The van der Waals surface area contributed by atoms with Crippen molar-refractivity contribution in [2.75, 3.05) is 13.7 Å². The molecule has 6 nitrogen and oxygen atoms in total. The van der Waals surface area contributed by atoms with Gasteiger partial charge in [-0.2, -0.15) is 0 Å². The molecule has 0 aliphatic rings. The molecule has 0 bridgehead atoms. The zero-order valence-corrected chi connectivity index (χ0v) is 15.3. The van der Waals surface area contributed by atoms with E-state index >= 15 is 0 Å². The summed E-state index contributed by atoms with van der Waals surface area (Å²) in [5, 5.41) is 3.61. The summed E-state index contributed by atoms with van der Waals surface area (Å²) in [5.74, 6) is -1.04. The first-order valence-electron chi connectivity index (χ1n) is 8.69. The number of methoxy groups -OCH3 is 1. The fourth-order valence-electron chi connectivity index (χ4n) is 3.15. The second kappa shape index (κ2) is 8.40. The first-order chi connectivity index (χ1) is 13.1. The van der Waals surface area contributed by atoms with Gasteiger partial charge in [0.1, 0.15) is 12.5 Å². The highest BCUT2D eigenvalue weighted by molar-refractivity contribution is 5.91. The van der Waals surface area contributed by atoms with E-state index in [9.17, 15) is 9.59 Å². The van der Waals surface area contributed by atoms with Crippen LogP contribution < -0.4 is 5.32 Å². The van der Waals surface area contributed by atoms with Crippen molar-refractivity contribution in [3.8, 4) is 0 Å². The highest BCUT2D eigenvalue weighted by atomic mass is 16.5. The predicted octanol–water partition coefficient (Wildman–Crippen LogP) is 3.66. The Balaban J connectivity index is 1.71. The van der Waals surface area contributed by atoms with Gasteiger partial charge in [0.25, 0.3) is 0 Å². The SMILES string of the molecule is COC(=O)C(CNC(=O)OCc1ccccc1)c1c(C)[nH]c2ccccc12. The van der Waals surface area contributed by atoms with E-state index in [0.717, 1.165) is 27.7 Å². The lowest BCUT2D eigenvalue weighted by Gasteiger charge is -2.16. The van der Waals surface area contributed by atoms with Gasteiger partial charge in [0.05, 0.1) is 7.11 Å². The molecule has 1 atom stereocenters. The zero-order valence-electron chi connectivity index (χ0n) is 15.3. The number of para-hydroxylation sites is 1. The molecule has 2 N–H and O–H groups in total. The summed E-state index contributed by atoms with van der Waals surface area (Å²) in [4.78, 5) is 27.7. The molecule has 0 saturated carbocycles. The Labute approximate surface area is 157 Å². The monoisotopic (exact) mass is 366 g/mol. The number of aromatic nitrogens is 1. The molecule has 0 spiro atoms. The Bertz CT molecular complexity index is 934. The van der Waals surface area contributed by atoms with Gasteiger partial charge >= 0.3 is 12.1 Å². The number of ether oxygens (including phenoxy) is 2. The number of aryl methyl sites for hydroxylation is 1. The van der Waals surface area contributed by atoms with E-state index in [2.05, 4.69) is 10.3 Å². The lowest BCUT2D eigenvalue weighted by molar-refractivity contribution is -0.142. The number of benzene rings is 2. The summed E-state index contributed by atoms with van der Waals surface area (Å²) >= 11 is 0. The standard InChI is InChI=1S/C21H22N2O4/c1-14-19(16-10-6-7-11-18(16)23-14)17(20(24)26-2)12-22-21(25)27-13-15-8-4-3-5-9-15/h3-11,17,23H,12-13H2,1-2H3,(H,22,25). The van der Waals surface area contributed by atoms with Crippen LogP contribution in [0.2, 0.25) is 0 Å². The van der Waals surface area contributed by atoms with Crippen LogP contribution in [-0.4, -0.2) is 30.7 Å². The van der Waals surface area contributed by atoms with Gasteiger partial charge in [-0.15, -0.1) is 0 Å². The maximum absolute atomic E-state index is 12.4. The molecular weight excluding hydrogens is 344 g/mol. The molecule has 140 valence electrons. The summed E-state index contributed by atoms with van der Waals surface area (Å²) in [7, 11) is 1.34. The second-order valence-electron chi connectivity index (χ2n) is 6.23. The van der Waals surface area contributed by atoms with Crippen LogP contribution in [0.5, 0.6) is 0 Å². The third-order valence-corrected chi connectivity index (χ3v) is 4.44. The zero-order chi connectivity index (χ0) is 19.2. The second-order valence-corrected chi connectivity index (χ2v) is 6.23. The van der Waals surface area contributed by atoms with Gasteiger partial charge in [0.15, 0.2) is 0 Å². The highest BCUT2D eigenvalue weighted by Gasteiger charge is 2.27. The molecule has 1 heterocycles. The van der Waals surface area contributed by atoms with Gasteiger partial charge in [-0.05, 0) is 24.1 Å². The van der Waals surface area contributed by atoms with Gasteiger partial charge < -0.3 is 19.8 Å². The average molecular weight is 366 g/mol. The number of hydrogen-bond acceptors (Lipinski definition) is 4. The molecule has 0 saturated heterocycles. The first-order valence-corrected chi connectivity index (χ1v) is 8.69. The van der Waals surface area contributed by atoms with Gasteiger partial charge in [0, 0.05) is 23.1 Å². The highest BCUT2D eigenvalue weighted by Crippen LogP contribution is 2.29. The predicted molar refractivity (Wildman–Crippen MR) is 102 cm³/mol. The Kier molecular flexibility index (Phi) is 5.76. The minimum absolute atomic E-state index is 0.0863. The van der Waals surface area contributed by atoms with Crippen molar-refractivity contribution < 1.29 is 19.1 Å². The number of fused-ring (bicyclic) bond motifs is 1. The van der Waals surface area contributed by atoms with Crippen molar-refractivity contribution in [1.29, 1.82) is 0 Å². The number of rotatable bonds is 6. The lowest BCUT2D eigenvalue weighted by Crippen LogP contribution is -2.32. The van der Waals surface area contributed by atoms with Crippen molar-refractivity contribution >= 4 is 23.0 Å². The van der Waals surface area contributed by atoms with Crippen molar-refractivity contribution in [3.63, 3.8) is 0 Å². The van der Waals surface area contributed by atoms with Crippen molar-refractivity contribution in [2.45, 2.75) is 19.4 Å². The molecule has 1 amide bonds. The minimum atomic E-state index is -0.629. The quantitative estimate of drug-likeness (QED) is 0.653. The number of amides is 1. The number of nitrogens with one attached hydrogen (secondary N) is 2. The third-order valence-electron chi connectivity index (χ3n) is 4.44. The molecule has 0 fully saturated rings. The van der Waals surface area contributed by atoms with Crippen LogP contribution in [0.25, 0.3) is 10.9 Å². The molecule has 1 aromatic heterocycles. The van der Waals surface area contributed by atoms with E-state index in [1.807, 2.05) is 61.5 Å². The fraction of sp³-hybridized carbons (Fsp3) is 0.238. The van der Waals surface area contributed by atoms with Crippen molar-refractivity contribution in [3.05, 3.63) is 71.4 Å². The molecular formula is C21H22N2O4. The number of alkyl carbamates (subject to hydrolysis) is 1. The molecule has 3 rings (SSSR count). The third kappa shape index (κ3) is 4.28. The topological polar surface area (TPSA) is 80.4 Å². The molecule has 2 aromatic carbocycles. The molecule has 3 aromatic rings.